The van der Waals surface area contributed by atoms with Gasteiger partial charge in [-0.05, 0) is 19.1 Å². The van der Waals surface area contributed by atoms with Crippen LogP contribution in [0.5, 0.6) is 5.75 Å². The number of benzene rings is 1. The predicted molar refractivity (Wildman–Crippen MR) is 71.7 cm³/mol. The van der Waals surface area contributed by atoms with E-state index in [2.05, 4.69) is 5.32 Å². The SMILES string of the molecule is CC(Oc1ccc(Cl)c(Cl)c1)C(=O)N1CCNC1=O. The summed E-state index contributed by atoms with van der Waals surface area (Å²) in [5, 5.41) is 3.31. The Labute approximate surface area is 120 Å². The number of carbonyl (C=O) groups is 2. The van der Waals surface area contributed by atoms with E-state index in [4.69, 9.17) is 27.9 Å². The summed E-state index contributed by atoms with van der Waals surface area (Å²) in [6.07, 6.45) is -0.777. The van der Waals surface area contributed by atoms with Crippen molar-refractivity contribution in [3.05, 3.63) is 28.2 Å². The molecule has 0 spiro atoms. The molecule has 0 aliphatic carbocycles. The molecule has 1 fully saturated rings. The van der Waals surface area contributed by atoms with Gasteiger partial charge in [0.15, 0.2) is 6.10 Å². The third-order valence-electron chi connectivity index (χ3n) is 2.67. The van der Waals surface area contributed by atoms with Crippen molar-refractivity contribution in [3.63, 3.8) is 0 Å². The molecule has 0 bridgehead atoms. The van der Waals surface area contributed by atoms with E-state index >= 15 is 0 Å². The molecular formula is C12H12Cl2N2O3. The average molecular weight is 303 g/mol. The first-order chi connectivity index (χ1) is 8.99. The van der Waals surface area contributed by atoms with Gasteiger partial charge in [0.05, 0.1) is 10.0 Å². The molecule has 2 rings (SSSR count). The lowest BCUT2D eigenvalue weighted by Crippen LogP contribution is -2.42. The van der Waals surface area contributed by atoms with Gasteiger partial charge in [-0.3, -0.25) is 9.69 Å². The maximum absolute atomic E-state index is 12.0. The van der Waals surface area contributed by atoms with Gasteiger partial charge in [-0.2, -0.15) is 0 Å². The first kappa shape index (κ1) is 14.0. The summed E-state index contributed by atoms with van der Waals surface area (Å²) in [4.78, 5) is 24.5. The molecular weight excluding hydrogens is 291 g/mol. The van der Waals surface area contributed by atoms with Crippen LogP contribution in [0.15, 0.2) is 18.2 Å². The van der Waals surface area contributed by atoms with Gasteiger partial charge in [0.25, 0.3) is 5.91 Å². The molecule has 1 aliphatic rings. The minimum Gasteiger partial charge on any atom is -0.481 e. The highest BCUT2D eigenvalue weighted by Crippen LogP contribution is 2.27. The largest absolute Gasteiger partial charge is 0.481 e. The van der Waals surface area contributed by atoms with Crippen molar-refractivity contribution >= 4 is 35.1 Å². The second-order valence-electron chi connectivity index (χ2n) is 4.06. The molecule has 102 valence electrons. The van der Waals surface area contributed by atoms with E-state index in [9.17, 15) is 9.59 Å². The van der Waals surface area contributed by atoms with E-state index in [1.807, 2.05) is 0 Å². The van der Waals surface area contributed by atoms with Crippen molar-refractivity contribution in [2.45, 2.75) is 13.0 Å². The lowest BCUT2D eigenvalue weighted by atomic mass is 10.3. The standard InChI is InChI=1S/C12H12Cl2N2O3/c1-7(11(17)16-5-4-15-12(16)18)19-8-2-3-9(13)10(14)6-8/h2-3,6-7H,4-5H2,1H3,(H,15,18). The van der Waals surface area contributed by atoms with Gasteiger partial charge in [0.1, 0.15) is 5.75 Å². The molecule has 0 aromatic heterocycles. The van der Waals surface area contributed by atoms with Crippen molar-refractivity contribution in [3.8, 4) is 5.75 Å². The molecule has 7 heteroatoms. The maximum Gasteiger partial charge on any atom is 0.324 e. The van der Waals surface area contributed by atoms with Crippen LogP contribution >= 0.6 is 23.2 Å². The normalized spacial score (nSPS) is 16.2. The van der Waals surface area contributed by atoms with Crippen LogP contribution in [0.1, 0.15) is 6.92 Å². The Morgan fingerprint density at radius 3 is 2.74 bits per heavy atom. The summed E-state index contributed by atoms with van der Waals surface area (Å²) < 4.78 is 5.46. The van der Waals surface area contributed by atoms with Crippen LogP contribution in [-0.2, 0) is 4.79 Å². The number of rotatable bonds is 3. The molecule has 19 heavy (non-hydrogen) atoms. The highest BCUT2D eigenvalue weighted by Gasteiger charge is 2.30. The molecule has 1 unspecified atom stereocenters. The van der Waals surface area contributed by atoms with E-state index < -0.39 is 12.1 Å². The summed E-state index contributed by atoms with van der Waals surface area (Å²) in [6, 6.07) is 4.33. The number of carbonyl (C=O) groups excluding carboxylic acids is 2. The van der Waals surface area contributed by atoms with Gasteiger partial charge >= 0.3 is 6.03 Å². The van der Waals surface area contributed by atoms with Crippen molar-refractivity contribution in [2.75, 3.05) is 13.1 Å². The summed E-state index contributed by atoms with van der Waals surface area (Å²) >= 11 is 11.6. The Morgan fingerprint density at radius 1 is 1.42 bits per heavy atom. The quantitative estimate of drug-likeness (QED) is 0.932. The molecule has 1 aromatic carbocycles. The Morgan fingerprint density at radius 2 is 2.16 bits per heavy atom. The van der Waals surface area contributed by atoms with E-state index in [1.165, 1.54) is 6.07 Å². The fourth-order valence-corrected chi connectivity index (χ4v) is 1.99. The van der Waals surface area contributed by atoms with Crippen LogP contribution in [0.3, 0.4) is 0 Å². The smallest absolute Gasteiger partial charge is 0.324 e. The van der Waals surface area contributed by atoms with Crippen LogP contribution in [0, 0.1) is 0 Å². The summed E-state index contributed by atoms with van der Waals surface area (Å²) in [7, 11) is 0. The molecule has 1 atom stereocenters. The van der Waals surface area contributed by atoms with Crippen LogP contribution in [0.25, 0.3) is 0 Å². The number of amides is 3. The molecule has 1 saturated heterocycles. The van der Waals surface area contributed by atoms with E-state index in [0.717, 1.165) is 4.90 Å². The summed E-state index contributed by atoms with van der Waals surface area (Å²) in [5.41, 5.74) is 0. The number of urea groups is 1. The predicted octanol–water partition coefficient (Wildman–Crippen LogP) is 2.31. The first-order valence-electron chi connectivity index (χ1n) is 5.70. The number of hydrogen-bond acceptors (Lipinski definition) is 3. The zero-order chi connectivity index (χ0) is 14.0. The lowest BCUT2D eigenvalue weighted by Gasteiger charge is -2.19. The van der Waals surface area contributed by atoms with Gasteiger partial charge in [-0.15, -0.1) is 0 Å². The molecule has 1 aliphatic heterocycles. The molecule has 1 N–H and O–H groups in total. The number of nitrogens with zero attached hydrogens (tertiary/aromatic N) is 1. The number of ether oxygens (including phenoxy) is 1. The summed E-state index contributed by atoms with van der Waals surface area (Å²) in [5.74, 6) is 0.0379. The molecule has 5 nitrogen and oxygen atoms in total. The zero-order valence-corrected chi connectivity index (χ0v) is 11.7. The highest BCUT2D eigenvalue weighted by molar-refractivity contribution is 6.42. The van der Waals surface area contributed by atoms with E-state index in [-0.39, 0.29) is 5.91 Å². The second kappa shape index (κ2) is 5.67. The molecule has 0 radical (unpaired) electrons. The van der Waals surface area contributed by atoms with Gasteiger partial charge < -0.3 is 10.1 Å². The third kappa shape index (κ3) is 3.11. The lowest BCUT2D eigenvalue weighted by molar-refractivity contribution is -0.134. The first-order valence-corrected chi connectivity index (χ1v) is 6.45. The van der Waals surface area contributed by atoms with E-state index in [0.29, 0.717) is 28.9 Å². The third-order valence-corrected chi connectivity index (χ3v) is 3.41. The van der Waals surface area contributed by atoms with Crippen LogP contribution in [-0.4, -0.2) is 36.0 Å². The molecule has 1 heterocycles. The fourth-order valence-electron chi connectivity index (χ4n) is 1.71. The molecule has 3 amide bonds. The van der Waals surface area contributed by atoms with Crippen molar-refractivity contribution in [2.24, 2.45) is 0 Å². The Hall–Kier alpha value is -1.46. The zero-order valence-electron chi connectivity index (χ0n) is 10.2. The van der Waals surface area contributed by atoms with E-state index in [1.54, 1.807) is 19.1 Å². The number of halogens is 2. The van der Waals surface area contributed by atoms with Crippen molar-refractivity contribution in [1.29, 1.82) is 0 Å². The Bertz CT molecular complexity index is 522. The van der Waals surface area contributed by atoms with Gasteiger partial charge in [0.2, 0.25) is 0 Å². The highest BCUT2D eigenvalue weighted by atomic mass is 35.5. The van der Waals surface area contributed by atoms with Crippen LogP contribution in [0.4, 0.5) is 4.79 Å². The Balaban J connectivity index is 2.03. The van der Waals surface area contributed by atoms with Crippen LogP contribution in [0.2, 0.25) is 10.0 Å². The number of nitrogens with one attached hydrogen (secondary N) is 1. The minimum absolute atomic E-state index is 0.345. The monoisotopic (exact) mass is 302 g/mol. The fraction of sp³-hybridized carbons (Fsp3) is 0.333. The second-order valence-corrected chi connectivity index (χ2v) is 4.87. The van der Waals surface area contributed by atoms with Crippen molar-refractivity contribution < 1.29 is 14.3 Å². The van der Waals surface area contributed by atoms with Crippen molar-refractivity contribution in [1.82, 2.24) is 10.2 Å². The minimum atomic E-state index is -0.777. The maximum atomic E-state index is 12.0. The Kier molecular flexibility index (Phi) is 4.17. The topological polar surface area (TPSA) is 58.6 Å². The summed E-state index contributed by atoms with van der Waals surface area (Å²) in [6.45, 7) is 2.40. The number of hydrogen-bond donors (Lipinski definition) is 1. The van der Waals surface area contributed by atoms with Crippen LogP contribution < -0.4 is 10.1 Å². The molecule has 1 aromatic rings. The average Bonchev–Trinajstić information content (AvgIpc) is 2.79. The number of imide groups is 1. The molecule has 0 saturated carbocycles. The van der Waals surface area contributed by atoms with Gasteiger partial charge in [-0.1, -0.05) is 23.2 Å². The van der Waals surface area contributed by atoms with Gasteiger partial charge in [-0.25, -0.2) is 4.79 Å². The van der Waals surface area contributed by atoms with Gasteiger partial charge in [0, 0.05) is 19.2 Å².